The summed E-state index contributed by atoms with van der Waals surface area (Å²) in [6.07, 6.45) is 3.35. The van der Waals surface area contributed by atoms with Gasteiger partial charge in [0.25, 0.3) is 0 Å². The standard InChI is InChI=1S/C16H23NO3/c1-19-16-4-2-3-13(12-16)11-14(18)7-10-20-15-5-8-17-9-6-15/h2-4,12,15,17H,5-11H2,1H3. The van der Waals surface area contributed by atoms with E-state index in [-0.39, 0.29) is 5.78 Å². The molecule has 0 spiro atoms. The summed E-state index contributed by atoms with van der Waals surface area (Å²) in [6, 6.07) is 7.65. The van der Waals surface area contributed by atoms with Gasteiger partial charge < -0.3 is 14.8 Å². The summed E-state index contributed by atoms with van der Waals surface area (Å²) in [7, 11) is 1.63. The van der Waals surface area contributed by atoms with Crippen molar-refractivity contribution >= 4 is 5.78 Å². The van der Waals surface area contributed by atoms with Gasteiger partial charge in [-0.2, -0.15) is 0 Å². The second kappa shape index (κ2) is 8.02. The molecule has 4 heteroatoms. The first-order chi connectivity index (χ1) is 9.78. The average molecular weight is 277 g/mol. The van der Waals surface area contributed by atoms with Gasteiger partial charge in [0.05, 0.1) is 19.8 Å². The Labute approximate surface area is 120 Å². The molecule has 1 saturated heterocycles. The molecule has 0 unspecified atom stereocenters. The van der Waals surface area contributed by atoms with Gasteiger partial charge in [0.15, 0.2) is 0 Å². The summed E-state index contributed by atoms with van der Waals surface area (Å²) in [5, 5.41) is 3.30. The van der Waals surface area contributed by atoms with E-state index in [4.69, 9.17) is 9.47 Å². The maximum Gasteiger partial charge on any atom is 0.139 e. The first-order valence-electron chi connectivity index (χ1n) is 7.25. The van der Waals surface area contributed by atoms with Gasteiger partial charge in [-0.1, -0.05) is 12.1 Å². The number of hydrogen-bond acceptors (Lipinski definition) is 4. The summed E-state index contributed by atoms with van der Waals surface area (Å²) in [6.45, 7) is 2.57. The molecule has 2 rings (SSSR count). The Morgan fingerprint density at radius 2 is 2.15 bits per heavy atom. The van der Waals surface area contributed by atoms with Crippen molar-refractivity contribution in [1.82, 2.24) is 5.32 Å². The van der Waals surface area contributed by atoms with Crippen LogP contribution in [0.5, 0.6) is 5.75 Å². The Hall–Kier alpha value is -1.39. The lowest BCUT2D eigenvalue weighted by Gasteiger charge is -2.22. The molecular weight excluding hydrogens is 254 g/mol. The number of benzene rings is 1. The minimum Gasteiger partial charge on any atom is -0.497 e. The van der Waals surface area contributed by atoms with E-state index in [0.29, 0.717) is 25.6 Å². The average Bonchev–Trinajstić information content (AvgIpc) is 2.48. The molecule has 1 aromatic carbocycles. The topological polar surface area (TPSA) is 47.6 Å². The maximum atomic E-state index is 11.9. The van der Waals surface area contributed by atoms with Gasteiger partial charge in [0.1, 0.15) is 11.5 Å². The van der Waals surface area contributed by atoms with E-state index in [9.17, 15) is 4.79 Å². The fourth-order valence-corrected chi connectivity index (χ4v) is 2.40. The molecule has 0 atom stereocenters. The number of rotatable bonds is 7. The molecule has 1 fully saturated rings. The van der Waals surface area contributed by atoms with Gasteiger partial charge in [0, 0.05) is 12.8 Å². The number of Topliss-reactive ketones (excluding diaryl/α,β-unsaturated/α-hetero) is 1. The summed E-state index contributed by atoms with van der Waals surface area (Å²) in [4.78, 5) is 11.9. The zero-order valence-electron chi connectivity index (χ0n) is 12.1. The van der Waals surface area contributed by atoms with Crippen LogP contribution in [0.1, 0.15) is 24.8 Å². The Balaban J connectivity index is 1.69. The molecule has 4 nitrogen and oxygen atoms in total. The van der Waals surface area contributed by atoms with E-state index in [1.165, 1.54) is 0 Å². The second-order valence-electron chi connectivity index (χ2n) is 5.14. The van der Waals surface area contributed by atoms with Crippen LogP contribution >= 0.6 is 0 Å². The Morgan fingerprint density at radius 3 is 2.90 bits per heavy atom. The van der Waals surface area contributed by atoms with E-state index in [1.54, 1.807) is 7.11 Å². The zero-order valence-corrected chi connectivity index (χ0v) is 12.1. The van der Waals surface area contributed by atoms with Crippen molar-refractivity contribution in [2.24, 2.45) is 0 Å². The number of piperidine rings is 1. The van der Waals surface area contributed by atoms with Gasteiger partial charge in [-0.15, -0.1) is 0 Å². The summed E-state index contributed by atoms with van der Waals surface area (Å²) < 4.78 is 10.9. The molecule has 0 aliphatic carbocycles. The van der Waals surface area contributed by atoms with Crippen LogP contribution in [0.4, 0.5) is 0 Å². The van der Waals surface area contributed by atoms with Crippen LogP contribution in [0.25, 0.3) is 0 Å². The third kappa shape index (κ3) is 4.94. The Morgan fingerprint density at radius 1 is 1.35 bits per heavy atom. The highest BCUT2D eigenvalue weighted by Gasteiger charge is 2.13. The molecule has 1 N–H and O–H groups in total. The number of ether oxygens (including phenoxy) is 2. The Kier molecular flexibility index (Phi) is 6.02. The van der Waals surface area contributed by atoms with Crippen LogP contribution in [-0.4, -0.2) is 38.7 Å². The first-order valence-corrected chi connectivity index (χ1v) is 7.25. The van der Waals surface area contributed by atoms with Crippen molar-refractivity contribution in [2.45, 2.75) is 31.8 Å². The van der Waals surface area contributed by atoms with Crippen molar-refractivity contribution in [3.63, 3.8) is 0 Å². The highest BCUT2D eigenvalue weighted by Crippen LogP contribution is 2.14. The smallest absolute Gasteiger partial charge is 0.139 e. The maximum absolute atomic E-state index is 11.9. The SMILES string of the molecule is COc1cccc(CC(=O)CCOC2CCNCC2)c1. The van der Waals surface area contributed by atoms with E-state index in [1.807, 2.05) is 24.3 Å². The van der Waals surface area contributed by atoms with Crippen LogP contribution in [0.15, 0.2) is 24.3 Å². The van der Waals surface area contributed by atoms with Crippen molar-refractivity contribution in [3.05, 3.63) is 29.8 Å². The minimum absolute atomic E-state index is 0.215. The molecule has 20 heavy (non-hydrogen) atoms. The highest BCUT2D eigenvalue weighted by atomic mass is 16.5. The van der Waals surface area contributed by atoms with Gasteiger partial charge in [-0.05, 0) is 43.6 Å². The van der Waals surface area contributed by atoms with Gasteiger partial charge >= 0.3 is 0 Å². The number of nitrogens with one attached hydrogen (secondary N) is 1. The second-order valence-corrected chi connectivity index (χ2v) is 5.14. The van der Waals surface area contributed by atoms with E-state index >= 15 is 0 Å². The summed E-state index contributed by atoms with van der Waals surface area (Å²) >= 11 is 0. The number of carbonyl (C=O) groups excluding carboxylic acids is 1. The summed E-state index contributed by atoms with van der Waals surface area (Å²) in [5.74, 6) is 1.01. The Bertz CT molecular complexity index is 427. The molecular formula is C16H23NO3. The van der Waals surface area contributed by atoms with E-state index in [0.717, 1.165) is 37.2 Å². The lowest BCUT2D eigenvalue weighted by Crippen LogP contribution is -2.32. The number of methoxy groups -OCH3 is 1. The van der Waals surface area contributed by atoms with Crippen LogP contribution in [0.3, 0.4) is 0 Å². The number of ketones is 1. The van der Waals surface area contributed by atoms with Gasteiger partial charge in [-0.25, -0.2) is 0 Å². The predicted octanol–water partition coefficient (Wildman–Crippen LogP) is 1.97. The lowest BCUT2D eigenvalue weighted by atomic mass is 10.1. The first kappa shape index (κ1) is 15.0. The zero-order chi connectivity index (χ0) is 14.2. The lowest BCUT2D eigenvalue weighted by molar-refractivity contribution is -0.120. The van der Waals surface area contributed by atoms with Crippen LogP contribution in [0, 0.1) is 0 Å². The highest BCUT2D eigenvalue weighted by molar-refractivity contribution is 5.81. The van der Waals surface area contributed by atoms with Crippen molar-refractivity contribution in [3.8, 4) is 5.75 Å². The van der Waals surface area contributed by atoms with Crippen molar-refractivity contribution < 1.29 is 14.3 Å². The van der Waals surface area contributed by atoms with Gasteiger partial charge in [-0.3, -0.25) is 4.79 Å². The molecule has 0 bridgehead atoms. The molecule has 1 aliphatic rings. The van der Waals surface area contributed by atoms with E-state index in [2.05, 4.69) is 5.32 Å². The molecule has 0 saturated carbocycles. The largest absolute Gasteiger partial charge is 0.497 e. The molecule has 0 radical (unpaired) electrons. The number of carbonyl (C=O) groups is 1. The van der Waals surface area contributed by atoms with Crippen LogP contribution < -0.4 is 10.1 Å². The molecule has 1 heterocycles. The molecule has 1 aliphatic heterocycles. The molecule has 0 amide bonds. The monoisotopic (exact) mass is 277 g/mol. The van der Waals surface area contributed by atoms with Crippen molar-refractivity contribution in [2.75, 3.05) is 26.8 Å². The third-order valence-electron chi connectivity index (χ3n) is 3.56. The van der Waals surface area contributed by atoms with Gasteiger partial charge in [0.2, 0.25) is 0 Å². The molecule has 0 aromatic heterocycles. The quantitative estimate of drug-likeness (QED) is 0.827. The molecule has 1 aromatic rings. The third-order valence-corrected chi connectivity index (χ3v) is 3.56. The normalized spacial score (nSPS) is 16.1. The van der Waals surface area contributed by atoms with Crippen LogP contribution in [-0.2, 0) is 16.0 Å². The van der Waals surface area contributed by atoms with E-state index < -0.39 is 0 Å². The van der Waals surface area contributed by atoms with Crippen molar-refractivity contribution in [1.29, 1.82) is 0 Å². The van der Waals surface area contributed by atoms with Crippen LogP contribution in [0.2, 0.25) is 0 Å². The fraction of sp³-hybridized carbons (Fsp3) is 0.562. The molecule has 110 valence electrons. The minimum atomic E-state index is 0.215. The summed E-state index contributed by atoms with van der Waals surface area (Å²) in [5.41, 5.74) is 0.996. The fourth-order valence-electron chi connectivity index (χ4n) is 2.40. The number of hydrogen-bond donors (Lipinski definition) is 1. The predicted molar refractivity (Wildman–Crippen MR) is 78.2 cm³/mol.